The first-order valence-corrected chi connectivity index (χ1v) is 9.45. The highest BCUT2D eigenvalue weighted by molar-refractivity contribution is 5.75. The molecule has 0 atom stereocenters. The summed E-state index contributed by atoms with van der Waals surface area (Å²) < 4.78 is 9.69. The number of nitrogens with zero attached hydrogens (tertiary/aromatic N) is 4. The van der Waals surface area contributed by atoms with Crippen LogP contribution in [0.2, 0.25) is 0 Å². The second-order valence-corrected chi connectivity index (χ2v) is 6.93. The van der Waals surface area contributed by atoms with E-state index in [1.54, 1.807) is 11.6 Å². The molecule has 0 aliphatic heterocycles. The number of amides is 1. The summed E-state index contributed by atoms with van der Waals surface area (Å²) in [5, 5.41) is 2.82. The molecule has 0 saturated carbocycles. The van der Waals surface area contributed by atoms with Gasteiger partial charge in [0.25, 0.3) is 5.56 Å². The van der Waals surface area contributed by atoms with Gasteiger partial charge in [-0.25, -0.2) is 9.78 Å². The van der Waals surface area contributed by atoms with Crippen LogP contribution in [0.4, 0.5) is 0 Å². The first kappa shape index (κ1) is 20.4. The number of fused-ring (bicyclic) bond motifs is 1. The number of nitrogens with one attached hydrogen (secondary N) is 1. The quantitative estimate of drug-likeness (QED) is 0.563. The van der Waals surface area contributed by atoms with Crippen LogP contribution in [0, 0.1) is 6.92 Å². The molecule has 154 valence electrons. The Labute approximate surface area is 167 Å². The van der Waals surface area contributed by atoms with Crippen LogP contribution in [-0.2, 0) is 25.4 Å². The van der Waals surface area contributed by atoms with E-state index in [4.69, 9.17) is 4.74 Å². The molecule has 0 radical (unpaired) electrons. The second kappa shape index (κ2) is 8.76. The largest absolute Gasteiger partial charge is 0.492 e. The fourth-order valence-electron chi connectivity index (χ4n) is 3.13. The molecule has 0 unspecified atom stereocenters. The third-order valence-corrected chi connectivity index (χ3v) is 4.70. The normalized spacial score (nSPS) is 11.0. The number of hydrogen-bond acceptors (Lipinski definition) is 5. The van der Waals surface area contributed by atoms with E-state index in [0.29, 0.717) is 43.7 Å². The van der Waals surface area contributed by atoms with Crippen LogP contribution in [0.15, 0.2) is 40.2 Å². The van der Waals surface area contributed by atoms with Gasteiger partial charge >= 0.3 is 5.69 Å². The fraction of sp³-hybridized carbons (Fsp3) is 0.400. The van der Waals surface area contributed by atoms with Crippen LogP contribution in [-0.4, -0.2) is 37.7 Å². The number of benzene rings is 1. The molecule has 3 aromatic rings. The molecule has 3 rings (SSSR count). The predicted molar refractivity (Wildman–Crippen MR) is 109 cm³/mol. The van der Waals surface area contributed by atoms with Gasteiger partial charge in [0.2, 0.25) is 5.91 Å². The summed E-state index contributed by atoms with van der Waals surface area (Å²) in [5.74, 6) is 0.699. The maximum absolute atomic E-state index is 12.4. The molecular weight excluding hydrogens is 374 g/mol. The first-order chi connectivity index (χ1) is 13.9. The average Bonchev–Trinajstić information content (AvgIpc) is 3.12. The van der Waals surface area contributed by atoms with Gasteiger partial charge in [-0.3, -0.25) is 18.7 Å². The van der Waals surface area contributed by atoms with E-state index >= 15 is 0 Å². The lowest BCUT2D eigenvalue weighted by atomic mass is 10.2. The highest BCUT2D eigenvalue weighted by Gasteiger charge is 2.14. The zero-order valence-electron chi connectivity index (χ0n) is 16.8. The van der Waals surface area contributed by atoms with E-state index in [2.05, 4.69) is 10.3 Å². The highest BCUT2D eigenvalue weighted by atomic mass is 16.5. The Bertz CT molecular complexity index is 1140. The molecule has 0 fully saturated rings. The van der Waals surface area contributed by atoms with Gasteiger partial charge in [0.05, 0.1) is 12.9 Å². The number of aryl methyl sites for hydroxylation is 3. The van der Waals surface area contributed by atoms with Crippen LogP contribution in [0.25, 0.3) is 11.2 Å². The van der Waals surface area contributed by atoms with Crippen molar-refractivity contribution in [3.63, 3.8) is 0 Å². The topological polar surface area (TPSA) is 100 Å². The fourth-order valence-corrected chi connectivity index (χ4v) is 3.13. The van der Waals surface area contributed by atoms with Crippen molar-refractivity contribution in [3.05, 3.63) is 57.0 Å². The Hall–Kier alpha value is -3.36. The van der Waals surface area contributed by atoms with Gasteiger partial charge in [-0.05, 0) is 31.0 Å². The van der Waals surface area contributed by atoms with Crippen molar-refractivity contribution in [2.24, 2.45) is 14.1 Å². The first-order valence-electron chi connectivity index (χ1n) is 9.45. The van der Waals surface area contributed by atoms with Crippen LogP contribution < -0.4 is 21.3 Å². The number of carbonyl (C=O) groups is 1. The third kappa shape index (κ3) is 4.56. The van der Waals surface area contributed by atoms with Gasteiger partial charge in [-0.1, -0.05) is 12.1 Å². The Balaban J connectivity index is 1.48. The highest BCUT2D eigenvalue weighted by Crippen LogP contribution is 2.11. The van der Waals surface area contributed by atoms with Crippen molar-refractivity contribution < 1.29 is 9.53 Å². The van der Waals surface area contributed by atoms with Gasteiger partial charge < -0.3 is 14.6 Å². The van der Waals surface area contributed by atoms with Crippen molar-refractivity contribution in [3.8, 4) is 5.75 Å². The number of carbonyl (C=O) groups excluding carboxylic acids is 1. The minimum atomic E-state index is -0.417. The molecule has 9 heteroatoms. The van der Waals surface area contributed by atoms with E-state index in [0.717, 1.165) is 15.9 Å². The summed E-state index contributed by atoms with van der Waals surface area (Å²) >= 11 is 0. The maximum atomic E-state index is 12.4. The maximum Gasteiger partial charge on any atom is 0.332 e. The van der Waals surface area contributed by atoms with Crippen LogP contribution in [0.3, 0.4) is 0 Å². The SMILES string of the molecule is Cc1cccc(OCCNC(=O)CCCn2cnc3c2c(=O)n(C)c(=O)n3C)c1. The minimum absolute atomic E-state index is 0.0810. The van der Waals surface area contributed by atoms with Crippen molar-refractivity contribution >= 4 is 17.1 Å². The van der Waals surface area contributed by atoms with E-state index in [1.807, 2.05) is 31.2 Å². The Kier molecular flexibility index (Phi) is 6.16. The van der Waals surface area contributed by atoms with E-state index in [1.165, 1.54) is 17.9 Å². The molecule has 1 amide bonds. The molecule has 9 nitrogen and oxygen atoms in total. The minimum Gasteiger partial charge on any atom is -0.492 e. The Morgan fingerprint density at radius 1 is 1.21 bits per heavy atom. The van der Waals surface area contributed by atoms with Gasteiger partial charge in [0.1, 0.15) is 12.4 Å². The van der Waals surface area contributed by atoms with Gasteiger partial charge in [0.15, 0.2) is 11.2 Å². The van der Waals surface area contributed by atoms with Crippen molar-refractivity contribution in [2.75, 3.05) is 13.2 Å². The number of rotatable bonds is 8. The summed E-state index contributed by atoms with van der Waals surface area (Å²) in [6.45, 7) is 3.26. The molecule has 0 saturated heterocycles. The summed E-state index contributed by atoms with van der Waals surface area (Å²) in [6, 6.07) is 7.74. The molecular formula is C20H25N5O4. The molecule has 0 aliphatic rings. The van der Waals surface area contributed by atoms with E-state index < -0.39 is 11.2 Å². The molecule has 0 spiro atoms. The van der Waals surface area contributed by atoms with E-state index in [9.17, 15) is 14.4 Å². The molecule has 2 aromatic heterocycles. The van der Waals surface area contributed by atoms with Crippen LogP contribution in [0.5, 0.6) is 5.75 Å². The summed E-state index contributed by atoms with van der Waals surface area (Å²) in [5.41, 5.74) is 1.02. The van der Waals surface area contributed by atoms with Gasteiger partial charge in [0, 0.05) is 27.1 Å². The molecule has 2 heterocycles. The predicted octanol–water partition coefficient (Wildman–Crippen LogP) is 0.718. The number of aromatic nitrogens is 4. The third-order valence-electron chi connectivity index (χ3n) is 4.70. The number of hydrogen-bond donors (Lipinski definition) is 1. The lowest BCUT2D eigenvalue weighted by Gasteiger charge is -2.09. The Morgan fingerprint density at radius 3 is 2.76 bits per heavy atom. The van der Waals surface area contributed by atoms with Gasteiger partial charge in [-0.15, -0.1) is 0 Å². The summed E-state index contributed by atoms with van der Waals surface area (Å²) in [4.78, 5) is 40.5. The van der Waals surface area contributed by atoms with Crippen molar-refractivity contribution in [2.45, 2.75) is 26.3 Å². The number of imidazole rings is 1. The standard InChI is InChI=1S/C20H25N5O4/c1-14-6-4-7-15(12-14)29-11-9-21-16(26)8-5-10-25-13-22-18-17(25)19(27)24(3)20(28)23(18)2/h4,6-7,12-13H,5,8-11H2,1-3H3,(H,21,26). The summed E-state index contributed by atoms with van der Waals surface area (Å²) in [7, 11) is 3.02. The van der Waals surface area contributed by atoms with Crippen LogP contribution >= 0.6 is 0 Å². The Morgan fingerprint density at radius 2 is 2.00 bits per heavy atom. The van der Waals surface area contributed by atoms with Crippen LogP contribution in [0.1, 0.15) is 18.4 Å². The van der Waals surface area contributed by atoms with Crippen molar-refractivity contribution in [1.29, 1.82) is 0 Å². The monoisotopic (exact) mass is 399 g/mol. The molecule has 1 N–H and O–H groups in total. The molecule has 1 aromatic carbocycles. The number of ether oxygens (including phenoxy) is 1. The zero-order chi connectivity index (χ0) is 21.0. The zero-order valence-corrected chi connectivity index (χ0v) is 16.8. The van der Waals surface area contributed by atoms with Crippen molar-refractivity contribution in [1.82, 2.24) is 24.0 Å². The lowest BCUT2D eigenvalue weighted by Crippen LogP contribution is -2.37. The smallest absolute Gasteiger partial charge is 0.332 e. The van der Waals surface area contributed by atoms with Gasteiger partial charge in [-0.2, -0.15) is 0 Å². The van der Waals surface area contributed by atoms with E-state index in [-0.39, 0.29) is 5.91 Å². The molecule has 0 aliphatic carbocycles. The average molecular weight is 399 g/mol. The lowest BCUT2D eigenvalue weighted by molar-refractivity contribution is -0.121. The second-order valence-electron chi connectivity index (χ2n) is 6.93. The molecule has 0 bridgehead atoms. The molecule has 29 heavy (non-hydrogen) atoms. The summed E-state index contributed by atoms with van der Waals surface area (Å²) in [6.07, 6.45) is 2.39.